The van der Waals surface area contributed by atoms with E-state index in [0.717, 1.165) is 10.7 Å². The van der Waals surface area contributed by atoms with Gasteiger partial charge in [0.15, 0.2) is 9.84 Å². The lowest BCUT2D eigenvalue weighted by Crippen LogP contribution is -2.09. The molecule has 0 radical (unpaired) electrons. The summed E-state index contributed by atoms with van der Waals surface area (Å²) < 4.78 is 34.7. The molecule has 0 aliphatic rings. The molecular weight excluding hydrogens is 396 g/mol. The van der Waals surface area contributed by atoms with Gasteiger partial charge in [0.05, 0.1) is 17.6 Å². The summed E-state index contributed by atoms with van der Waals surface area (Å²) in [6, 6.07) is 9.79. The number of carbonyl (C=O) groups excluding carboxylic acids is 1. The van der Waals surface area contributed by atoms with Crippen LogP contribution in [-0.2, 0) is 21.2 Å². The van der Waals surface area contributed by atoms with Crippen LogP contribution >= 0.6 is 15.9 Å². The second-order valence-corrected chi connectivity index (χ2v) is 8.21. The number of hydrogen-bond donors (Lipinski definition) is 0. The first-order valence-corrected chi connectivity index (χ1v) is 9.71. The van der Waals surface area contributed by atoms with E-state index in [1.807, 2.05) is 6.07 Å². The van der Waals surface area contributed by atoms with Crippen molar-refractivity contribution in [1.29, 1.82) is 0 Å². The zero-order chi connectivity index (χ0) is 17.9. The molecule has 2 aromatic carbocycles. The third kappa shape index (κ3) is 4.36. The van der Waals surface area contributed by atoms with Crippen molar-refractivity contribution < 1.29 is 22.7 Å². The van der Waals surface area contributed by atoms with E-state index < -0.39 is 15.8 Å². The highest BCUT2D eigenvalue weighted by Gasteiger charge is 2.16. The Morgan fingerprint density at radius 2 is 1.88 bits per heavy atom. The Morgan fingerprint density at radius 1 is 1.17 bits per heavy atom. The Balaban J connectivity index is 2.24. The molecule has 0 saturated carbocycles. The van der Waals surface area contributed by atoms with E-state index in [1.165, 1.54) is 19.2 Å². The monoisotopic (exact) mass is 412 g/mol. The number of rotatable bonds is 5. The van der Waals surface area contributed by atoms with Crippen molar-refractivity contribution in [2.75, 3.05) is 13.4 Å². The molecule has 0 N–H and O–H groups in total. The van der Waals surface area contributed by atoms with Crippen molar-refractivity contribution in [1.82, 2.24) is 0 Å². The van der Waals surface area contributed by atoms with Gasteiger partial charge in [-0.2, -0.15) is 0 Å². The second-order valence-electron chi connectivity index (χ2n) is 5.28. The summed E-state index contributed by atoms with van der Waals surface area (Å²) in [5.41, 5.74) is 1.58. The molecule has 0 aromatic heterocycles. The molecule has 0 fully saturated rings. The van der Waals surface area contributed by atoms with E-state index >= 15 is 0 Å². The van der Waals surface area contributed by atoms with Gasteiger partial charge < -0.3 is 9.47 Å². The van der Waals surface area contributed by atoms with Crippen LogP contribution in [0, 0.1) is 6.92 Å². The number of methoxy groups -OCH3 is 1. The summed E-state index contributed by atoms with van der Waals surface area (Å²) in [5.74, 6) is 0.0210. The van der Waals surface area contributed by atoms with E-state index in [4.69, 9.17) is 9.47 Å². The van der Waals surface area contributed by atoms with Crippen LogP contribution < -0.4 is 4.74 Å². The number of sulfone groups is 1. The van der Waals surface area contributed by atoms with Gasteiger partial charge in [-0.3, -0.25) is 0 Å². The Labute approximate surface area is 149 Å². The summed E-state index contributed by atoms with van der Waals surface area (Å²) >= 11 is 3.36. The van der Waals surface area contributed by atoms with Gasteiger partial charge in [0.25, 0.3) is 0 Å². The van der Waals surface area contributed by atoms with Gasteiger partial charge in [0.2, 0.25) is 0 Å². The fraction of sp³-hybridized carbons (Fsp3) is 0.235. The Bertz CT molecular complexity index is 875. The fourth-order valence-electron chi connectivity index (χ4n) is 2.13. The number of hydrogen-bond acceptors (Lipinski definition) is 5. The maximum absolute atomic E-state index is 12.3. The average molecular weight is 413 g/mol. The van der Waals surface area contributed by atoms with Crippen LogP contribution in [0.25, 0.3) is 0 Å². The maximum atomic E-state index is 12.3. The van der Waals surface area contributed by atoms with Crippen molar-refractivity contribution in [3.05, 3.63) is 57.6 Å². The highest BCUT2D eigenvalue weighted by Crippen LogP contribution is 2.24. The van der Waals surface area contributed by atoms with E-state index in [2.05, 4.69) is 15.9 Å². The summed E-state index contributed by atoms with van der Waals surface area (Å²) in [5, 5.41) is 0. The first-order chi connectivity index (χ1) is 11.2. The summed E-state index contributed by atoms with van der Waals surface area (Å²) in [4.78, 5) is 12.4. The van der Waals surface area contributed by atoms with E-state index in [1.54, 1.807) is 25.1 Å². The molecule has 0 aliphatic carbocycles. The number of benzene rings is 2. The zero-order valence-corrected chi connectivity index (χ0v) is 15.9. The predicted octanol–water partition coefficient (Wildman–Crippen LogP) is 3.53. The zero-order valence-electron chi connectivity index (χ0n) is 13.5. The molecule has 0 saturated heterocycles. The van der Waals surface area contributed by atoms with Crippen LogP contribution in [0.5, 0.6) is 5.75 Å². The minimum absolute atomic E-state index is 0.0178. The molecule has 0 atom stereocenters. The number of carbonyl (C=O) groups is 1. The molecule has 7 heteroatoms. The molecule has 5 nitrogen and oxygen atoms in total. The van der Waals surface area contributed by atoms with Gasteiger partial charge in [-0.25, -0.2) is 13.2 Å². The van der Waals surface area contributed by atoms with Crippen molar-refractivity contribution in [3.8, 4) is 5.75 Å². The second kappa shape index (κ2) is 7.36. The molecule has 2 rings (SSSR count). The van der Waals surface area contributed by atoms with Gasteiger partial charge >= 0.3 is 5.97 Å². The van der Waals surface area contributed by atoms with Crippen LogP contribution in [0.15, 0.2) is 45.8 Å². The van der Waals surface area contributed by atoms with Gasteiger partial charge in [-0.1, -0.05) is 22.0 Å². The highest BCUT2D eigenvalue weighted by molar-refractivity contribution is 9.10. The van der Waals surface area contributed by atoms with Crippen LogP contribution in [-0.4, -0.2) is 27.8 Å². The quantitative estimate of drug-likeness (QED) is 0.702. The molecule has 2 aromatic rings. The molecular formula is C17H17BrO5S. The first-order valence-electron chi connectivity index (χ1n) is 7.02. The standard InChI is InChI=1S/C17H17BrO5S/c1-11-4-6-14(24(3,20)21)9-15(11)17(19)23-10-12-8-13(18)5-7-16(12)22-2/h4-9H,10H2,1-3H3. The van der Waals surface area contributed by atoms with Crippen molar-refractivity contribution in [2.24, 2.45) is 0 Å². The van der Waals surface area contributed by atoms with E-state index in [9.17, 15) is 13.2 Å². The SMILES string of the molecule is COc1ccc(Br)cc1COC(=O)c1cc(S(C)(=O)=O)ccc1C. The molecule has 24 heavy (non-hydrogen) atoms. The van der Waals surface area contributed by atoms with Gasteiger partial charge in [-0.15, -0.1) is 0 Å². The van der Waals surface area contributed by atoms with E-state index in [0.29, 0.717) is 16.9 Å². The van der Waals surface area contributed by atoms with Gasteiger partial charge in [0, 0.05) is 16.3 Å². The lowest BCUT2D eigenvalue weighted by molar-refractivity contribution is 0.0469. The smallest absolute Gasteiger partial charge is 0.338 e. The third-order valence-corrected chi connectivity index (χ3v) is 5.06. The Morgan fingerprint density at radius 3 is 2.50 bits per heavy atom. The fourth-order valence-corrected chi connectivity index (χ4v) is 3.19. The topological polar surface area (TPSA) is 69.7 Å². The minimum Gasteiger partial charge on any atom is -0.496 e. The number of aryl methyl sites for hydroxylation is 1. The first kappa shape index (κ1) is 18.5. The average Bonchev–Trinajstić information content (AvgIpc) is 2.52. The van der Waals surface area contributed by atoms with Crippen LogP contribution in [0.2, 0.25) is 0 Å². The van der Waals surface area contributed by atoms with Crippen molar-refractivity contribution in [3.63, 3.8) is 0 Å². The molecule has 0 aliphatic heterocycles. The predicted molar refractivity (Wildman–Crippen MR) is 94.1 cm³/mol. The van der Waals surface area contributed by atoms with Crippen molar-refractivity contribution >= 4 is 31.7 Å². The lowest BCUT2D eigenvalue weighted by atomic mass is 10.1. The minimum atomic E-state index is -3.39. The highest BCUT2D eigenvalue weighted by atomic mass is 79.9. The normalized spacial score (nSPS) is 11.2. The summed E-state index contributed by atoms with van der Waals surface area (Å²) in [7, 11) is -1.86. The number of halogens is 1. The molecule has 0 spiro atoms. The summed E-state index contributed by atoms with van der Waals surface area (Å²) in [6.45, 7) is 1.74. The maximum Gasteiger partial charge on any atom is 0.338 e. The third-order valence-electron chi connectivity index (χ3n) is 3.46. The largest absolute Gasteiger partial charge is 0.496 e. The Kier molecular flexibility index (Phi) is 5.66. The number of esters is 1. The Hall–Kier alpha value is -1.86. The number of ether oxygens (including phenoxy) is 2. The van der Waals surface area contributed by atoms with Crippen LogP contribution in [0.3, 0.4) is 0 Å². The molecule has 128 valence electrons. The van der Waals surface area contributed by atoms with Crippen LogP contribution in [0.4, 0.5) is 0 Å². The molecule has 0 amide bonds. The van der Waals surface area contributed by atoms with E-state index in [-0.39, 0.29) is 17.1 Å². The summed E-state index contributed by atoms with van der Waals surface area (Å²) in [6.07, 6.45) is 1.10. The molecule has 0 heterocycles. The lowest BCUT2D eigenvalue weighted by Gasteiger charge is -2.11. The molecule has 0 bridgehead atoms. The van der Waals surface area contributed by atoms with Crippen LogP contribution in [0.1, 0.15) is 21.5 Å². The molecule has 0 unspecified atom stereocenters. The van der Waals surface area contributed by atoms with Gasteiger partial charge in [0.1, 0.15) is 12.4 Å². The van der Waals surface area contributed by atoms with Gasteiger partial charge in [-0.05, 0) is 42.8 Å². The van der Waals surface area contributed by atoms with Crippen molar-refractivity contribution in [2.45, 2.75) is 18.4 Å².